The van der Waals surface area contributed by atoms with Crippen LogP contribution in [0.5, 0.6) is 0 Å². The van der Waals surface area contributed by atoms with Crippen molar-refractivity contribution in [2.75, 3.05) is 6.54 Å². The largest absolute Gasteiger partial charge is 0.418 e. The van der Waals surface area contributed by atoms with Crippen molar-refractivity contribution in [2.24, 2.45) is 0 Å². The van der Waals surface area contributed by atoms with Gasteiger partial charge in [0, 0.05) is 6.20 Å². The number of hydrogen-bond donors (Lipinski definition) is 1. The number of rotatable bonds is 5. The van der Waals surface area contributed by atoms with Crippen LogP contribution < -0.4 is 5.32 Å². The molecule has 2 aromatic rings. The van der Waals surface area contributed by atoms with E-state index in [0.717, 1.165) is 24.2 Å². The third kappa shape index (κ3) is 2.88. The molecule has 0 saturated heterocycles. The van der Waals surface area contributed by atoms with Crippen LogP contribution in [0.1, 0.15) is 24.8 Å². The van der Waals surface area contributed by atoms with Gasteiger partial charge >= 0.3 is 0 Å². The molecule has 5 nitrogen and oxygen atoms in total. The van der Waals surface area contributed by atoms with E-state index in [4.69, 9.17) is 4.42 Å². The summed E-state index contributed by atoms with van der Waals surface area (Å²) in [7, 11) is 0. The maximum absolute atomic E-state index is 5.55. The Labute approximate surface area is 100 Å². The lowest BCUT2D eigenvalue weighted by molar-refractivity contribution is 0.476. The van der Waals surface area contributed by atoms with Gasteiger partial charge in [0.05, 0.1) is 6.54 Å². The zero-order valence-corrected chi connectivity index (χ0v) is 10.1. The van der Waals surface area contributed by atoms with Crippen molar-refractivity contribution in [2.45, 2.75) is 26.8 Å². The third-order valence-electron chi connectivity index (χ3n) is 2.38. The first-order valence-electron chi connectivity index (χ1n) is 5.76. The van der Waals surface area contributed by atoms with E-state index < -0.39 is 0 Å². The minimum atomic E-state index is 0.483. The molecule has 0 aliphatic heterocycles. The molecule has 0 radical (unpaired) electrons. The van der Waals surface area contributed by atoms with Crippen LogP contribution in [0.15, 0.2) is 22.7 Å². The van der Waals surface area contributed by atoms with E-state index in [-0.39, 0.29) is 0 Å². The molecule has 0 fully saturated rings. The Balaban J connectivity index is 2.10. The second-order valence-electron chi connectivity index (χ2n) is 3.85. The Morgan fingerprint density at radius 1 is 1.35 bits per heavy atom. The second kappa shape index (κ2) is 5.54. The molecule has 0 aliphatic rings. The van der Waals surface area contributed by atoms with E-state index in [1.807, 2.05) is 19.1 Å². The molecule has 0 saturated carbocycles. The number of aryl methyl sites for hydroxylation is 1. The maximum Gasteiger partial charge on any atom is 0.266 e. The van der Waals surface area contributed by atoms with Crippen LogP contribution in [0.2, 0.25) is 0 Å². The van der Waals surface area contributed by atoms with Crippen molar-refractivity contribution in [3.05, 3.63) is 29.8 Å². The van der Waals surface area contributed by atoms with Crippen molar-refractivity contribution in [3.8, 4) is 11.6 Å². The number of pyridine rings is 1. The van der Waals surface area contributed by atoms with Crippen LogP contribution in [0.3, 0.4) is 0 Å². The summed E-state index contributed by atoms with van der Waals surface area (Å²) in [5.74, 6) is 1.08. The molecule has 0 aliphatic carbocycles. The van der Waals surface area contributed by atoms with Gasteiger partial charge in [0.15, 0.2) is 0 Å². The number of aromatic nitrogens is 3. The molecule has 2 heterocycles. The Morgan fingerprint density at radius 3 is 3.00 bits per heavy atom. The molecule has 5 heteroatoms. The lowest BCUT2D eigenvalue weighted by Gasteiger charge is -1.98. The first kappa shape index (κ1) is 11.7. The molecule has 0 unspecified atom stereocenters. The van der Waals surface area contributed by atoms with Crippen LogP contribution in [-0.4, -0.2) is 21.7 Å². The van der Waals surface area contributed by atoms with Crippen molar-refractivity contribution in [3.63, 3.8) is 0 Å². The van der Waals surface area contributed by atoms with E-state index in [2.05, 4.69) is 27.4 Å². The van der Waals surface area contributed by atoms with Gasteiger partial charge in [-0.1, -0.05) is 13.0 Å². The van der Waals surface area contributed by atoms with E-state index in [9.17, 15) is 0 Å². The van der Waals surface area contributed by atoms with Gasteiger partial charge in [-0.05, 0) is 31.5 Å². The highest BCUT2D eigenvalue weighted by Gasteiger charge is 2.11. The van der Waals surface area contributed by atoms with Gasteiger partial charge in [0.25, 0.3) is 5.89 Å². The number of nitrogens with one attached hydrogen (secondary N) is 1. The van der Waals surface area contributed by atoms with Gasteiger partial charge in [-0.3, -0.25) is 4.98 Å². The summed E-state index contributed by atoms with van der Waals surface area (Å²) in [5.41, 5.74) is 1.78. The monoisotopic (exact) mass is 232 g/mol. The average Bonchev–Trinajstić information content (AvgIpc) is 2.79. The molecule has 0 spiro atoms. The highest BCUT2D eigenvalue weighted by molar-refractivity contribution is 5.51. The molecular formula is C12H16N4O. The molecular weight excluding hydrogens is 216 g/mol. The summed E-state index contributed by atoms with van der Waals surface area (Å²) in [5, 5.41) is 11.2. The summed E-state index contributed by atoms with van der Waals surface area (Å²) in [6, 6.07) is 3.86. The van der Waals surface area contributed by atoms with E-state index >= 15 is 0 Å². The Hall–Kier alpha value is -1.75. The summed E-state index contributed by atoms with van der Waals surface area (Å²) >= 11 is 0. The predicted molar refractivity (Wildman–Crippen MR) is 64.3 cm³/mol. The van der Waals surface area contributed by atoms with Crippen LogP contribution in [0.25, 0.3) is 11.6 Å². The zero-order chi connectivity index (χ0) is 12.1. The minimum Gasteiger partial charge on any atom is -0.418 e. The molecule has 0 aromatic carbocycles. The summed E-state index contributed by atoms with van der Waals surface area (Å²) in [6.45, 7) is 5.64. The van der Waals surface area contributed by atoms with Gasteiger partial charge in [-0.2, -0.15) is 0 Å². The first-order valence-corrected chi connectivity index (χ1v) is 5.76. The highest BCUT2D eigenvalue weighted by atomic mass is 16.4. The molecule has 0 bridgehead atoms. The Bertz CT molecular complexity index is 481. The summed E-state index contributed by atoms with van der Waals surface area (Å²) in [6.07, 6.45) is 2.81. The highest BCUT2D eigenvalue weighted by Crippen LogP contribution is 2.18. The molecule has 0 amide bonds. The van der Waals surface area contributed by atoms with Crippen molar-refractivity contribution < 1.29 is 4.42 Å². The van der Waals surface area contributed by atoms with Crippen molar-refractivity contribution >= 4 is 0 Å². The molecule has 17 heavy (non-hydrogen) atoms. The number of nitrogens with zero attached hydrogens (tertiary/aromatic N) is 3. The SMILES string of the molecule is CCCNCc1nnc(-c2ncccc2C)o1. The predicted octanol–water partition coefficient (Wildman–Crippen LogP) is 1.94. The fourth-order valence-electron chi connectivity index (χ4n) is 1.50. The van der Waals surface area contributed by atoms with Crippen LogP contribution in [-0.2, 0) is 6.54 Å². The fraction of sp³-hybridized carbons (Fsp3) is 0.417. The standard InChI is InChI=1S/C12H16N4O/c1-3-6-13-8-10-15-16-12(17-10)11-9(2)5-4-7-14-11/h4-5,7,13H,3,6,8H2,1-2H3. The molecule has 90 valence electrons. The van der Waals surface area contributed by atoms with E-state index in [1.165, 1.54) is 0 Å². The maximum atomic E-state index is 5.55. The van der Waals surface area contributed by atoms with Crippen LogP contribution in [0.4, 0.5) is 0 Å². The molecule has 1 N–H and O–H groups in total. The quantitative estimate of drug-likeness (QED) is 0.798. The summed E-state index contributed by atoms with van der Waals surface area (Å²) in [4.78, 5) is 4.24. The molecule has 2 aromatic heterocycles. The third-order valence-corrected chi connectivity index (χ3v) is 2.38. The second-order valence-corrected chi connectivity index (χ2v) is 3.85. The fourth-order valence-corrected chi connectivity index (χ4v) is 1.50. The smallest absolute Gasteiger partial charge is 0.266 e. The average molecular weight is 232 g/mol. The van der Waals surface area contributed by atoms with Gasteiger partial charge in [-0.25, -0.2) is 0 Å². The normalized spacial score (nSPS) is 10.7. The molecule has 2 rings (SSSR count). The Morgan fingerprint density at radius 2 is 2.24 bits per heavy atom. The Kier molecular flexibility index (Phi) is 3.82. The van der Waals surface area contributed by atoms with E-state index in [0.29, 0.717) is 18.3 Å². The van der Waals surface area contributed by atoms with Crippen molar-refractivity contribution in [1.29, 1.82) is 0 Å². The minimum absolute atomic E-state index is 0.483. The van der Waals surface area contributed by atoms with Crippen LogP contribution >= 0.6 is 0 Å². The molecule has 0 atom stereocenters. The summed E-state index contributed by atoms with van der Waals surface area (Å²) < 4.78 is 5.55. The lowest BCUT2D eigenvalue weighted by atomic mass is 10.2. The van der Waals surface area contributed by atoms with Gasteiger partial charge in [-0.15, -0.1) is 10.2 Å². The van der Waals surface area contributed by atoms with Crippen molar-refractivity contribution in [1.82, 2.24) is 20.5 Å². The first-order chi connectivity index (χ1) is 8.31. The number of hydrogen-bond acceptors (Lipinski definition) is 5. The van der Waals surface area contributed by atoms with Gasteiger partial charge < -0.3 is 9.73 Å². The van der Waals surface area contributed by atoms with E-state index in [1.54, 1.807) is 6.20 Å². The zero-order valence-electron chi connectivity index (χ0n) is 10.1. The topological polar surface area (TPSA) is 63.8 Å². The lowest BCUT2D eigenvalue weighted by Crippen LogP contribution is -2.13. The van der Waals surface area contributed by atoms with Crippen LogP contribution in [0, 0.1) is 6.92 Å². The van der Waals surface area contributed by atoms with Gasteiger partial charge in [0.2, 0.25) is 5.89 Å². The van der Waals surface area contributed by atoms with Gasteiger partial charge in [0.1, 0.15) is 5.69 Å².